The van der Waals surface area contributed by atoms with Gasteiger partial charge in [-0.15, -0.1) is 0 Å². The number of anilines is 2. The summed E-state index contributed by atoms with van der Waals surface area (Å²) in [5, 5.41) is 9.01. The number of hydrogen-bond donors (Lipinski definition) is 1. The number of nitriles is 1. The molecule has 0 aliphatic carbocycles. The molecule has 35 heavy (non-hydrogen) atoms. The lowest BCUT2D eigenvalue weighted by Gasteiger charge is -2.26. The van der Waals surface area contributed by atoms with E-state index in [1.54, 1.807) is 6.07 Å². The van der Waals surface area contributed by atoms with Gasteiger partial charge in [0.05, 0.1) is 33.1 Å². The number of pyridine rings is 1. The van der Waals surface area contributed by atoms with Crippen LogP contribution in [0.5, 0.6) is 11.5 Å². The molecule has 0 aliphatic rings. The van der Waals surface area contributed by atoms with Crippen LogP contribution in [0.3, 0.4) is 0 Å². The Morgan fingerprint density at radius 2 is 1.97 bits per heavy atom. The number of rotatable bonds is 8. The topological polar surface area (TPSA) is 132 Å². The number of carbonyl (C=O) groups excluding carboxylic acids is 1. The number of hydrogen-bond acceptors (Lipinski definition) is 6. The first-order valence-corrected chi connectivity index (χ1v) is 11.1. The third kappa shape index (κ3) is 6.48. The fourth-order valence-electron chi connectivity index (χ4n) is 2.98. The number of carbonyl (C=O) groups is 1. The molecule has 2 N–H and O–H groups in total. The molecule has 1 heterocycles. The van der Waals surface area contributed by atoms with Crippen molar-refractivity contribution in [2.75, 3.05) is 4.31 Å². The lowest BCUT2D eigenvalue weighted by molar-refractivity contribution is -0.137. The van der Waals surface area contributed by atoms with Crippen molar-refractivity contribution in [2.24, 2.45) is 5.73 Å². The first kappa shape index (κ1) is 26.0. The number of halogens is 4. The minimum absolute atomic E-state index is 0.00577. The quantitative estimate of drug-likeness (QED) is 0.423. The van der Waals surface area contributed by atoms with E-state index in [-0.39, 0.29) is 35.0 Å². The maximum Gasteiger partial charge on any atom is 0.417 e. The molecule has 0 fully saturated rings. The Morgan fingerprint density at radius 1 is 1.23 bits per heavy atom. The molecule has 0 aliphatic heterocycles. The van der Waals surface area contributed by atoms with E-state index in [0.29, 0.717) is 18.1 Å². The molecule has 2 aromatic carbocycles. The van der Waals surface area contributed by atoms with Gasteiger partial charge in [-0.2, -0.15) is 18.4 Å². The number of nitrogens with two attached hydrogens (primary N) is 1. The first-order valence-electron chi connectivity index (χ1n) is 9.71. The Bertz CT molecular complexity index is 1310. The van der Waals surface area contributed by atoms with E-state index in [4.69, 9.17) is 22.1 Å². The van der Waals surface area contributed by atoms with E-state index in [9.17, 15) is 32.0 Å². The van der Waals surface area contributed by atoms with Crippen molar-refractivity contribution in [3.8, 4) is 17.6 Å². The number of alkyl halides is 3. The first-order chi connectivity index (χ1) is 16.5. The highest BCUT2D eigenvalue weighted by Crippen LogP contribution is 2.38. The van der Waals surface area contributed by atoms with Crippen LogP contribution in [0.1, 0.15) is 23.1 Å². The minimum atomic E-state index is -4.71. The van der Waals surface area contributed by atoms with Gasteiger partial charge >= 0.3 is 6.18 Å². The summed E-state index contributed by atoms with van der Waals surface area (Å²) >= 11 is 2.77. The van der Waals surface area contributed by atoms with Crippen molar-refractivity contribution < 1.29 is 31.5 Å². The van der Waals surface area contributed by atoms with Crippen LogP contribution in [0.25, 0.3) is 0 Å². The fraction of sp³-hybridized carbons (Fsp3) is 0.136. The van der Waals surface area contributed by atoms with Gasteiger partial charge in [-0.25, -0.2) is 4.98 Å². The Morgan fingerprint density at radius 3 is 2.54 bits per heavy atom. The highest BCUT2D eigenvalue weighted by molar-refractivity contribution is 7.81. The summed E-state index contributed by atoms with van der Waals surface area (Å²) in [5.74, 6) is -0.802. The van der Waals surface area contributed by atoms with Crippen LogP contribution in [0, 0.1) is 11.3 Å². The molecule has 13 heteroatoms. The lowest BCUT2D eigenvalue weighted by atomic mass is 10.1. The van der Waals surface area contributed by atoms with Gasteiger partial charge in [0, 0.05) is 12.6 Å². The Labute approximate surface area is 205 Å². The predicted octanol–water partition coefficient (Wildman–Crippen LogP) is 4.77. The second-order valence-electron chi connectivity index (χ2n) is 7.04. The van der Waals surface area contributed by atoms with Gasteiger partial charge in [0.15, 0.2) is 0 Å². The normalized spacial score (nSPS) is 12.0. The number of aromatic nitrogens is 1. The molecule has 1 aromatic heterocycles. The van der Waals surface area contributed by atoms with E-state index in [1.807, 2.05) is 6.07 Å². The standard InChI is InChI=1S/C22H16ClF3N4O4S/c23-18-5-4-16(10-17(18)22(24,25)26)34-19-6-3-15(9-14(19)11-27)30(35(32)33)21-8-2-13(12-29-21)1-7-20(28)31/h2-6,8-10,12H,1,7H2,(H2,28,31)(H,32,33)/p-1. The fourth-order valence-corrected chi connectivity index (χ4v) is 3.75. The van der Waals surface area contributed by atoms with Crippen LogP contribution in [-0.4, -0.2) is 19.7 Å². The molecular weight excluding hydrogens is 509 g/mol. The molecule has 0 radical (unpaired) electrons. The molecule has 3 aromatic rings. The number of aryl methyl sites for hydroxylation is 1. The third-order valence-electron chi connectivity index (χ3n) is 4.62. The van der Waals surface area contributed by atoms with Crippen LogP contribution < -0.4 is 14.8 Å². The van der Waals surface area contributed by atoms with Crippen LogP contribution in [0.15, 0.2) is 54.7 Å². The molecule has 1 atom stereocenters. The third-order valence-corrected chi connectivity index (χ3v) is 5.64. The van der Waals surface area contributed by atoms with Crippen LogP contribution in [0.4, 0.5) is 24.7 Å². The van der Waals surface area contributed by atoms with E-state index in [0.717, 1.165) is 10.4 Å². The smallest absolute Gasteiger partial charge is 0.417 e. The molecule has 0 spiro atoms. The SMILES string of the molecule is N#Cc1cc(N(c2ccc(CCC(N)=O)cn2)S(=O)[O-])ccc1Oc1ccc(Cl)c(C(F)(F)F)c1. The second-order valence-corrected chi connectivity index (χ2v) is 8.24. The van der Waals surface area contributed by atoms with Gasteiger partial charge < -0.3 is 15.0 Å². The zero-order valence-corrected chi connectivity index (χ0v) is 19.2. The molecule has 8 nitrogen and oxygen atoms in total. The molecule has 182 valence electrons. The lowest BCUT2D eigenvalue weighted by Crippen LogP contribution is -2.20. The summed E-state index contributed by atoms with van der Waals surface area (Å²) in [6, 6.07) is 11.5. The molecule has 1 unspecified atom stereocenters. The Kier molecular flexibility index (Phi) is 7.96. The summed E-state index contributed by atoms with van der Waals surface area (Å²) in [7, 11) is 0. The van der Waals surface area contributed by atoms with E-state index in [2.05, 4.69) is 4.98 Å². The van der Waals surface area contributed by atoms with Crippen LogP contribution >= 0.6 is 11.6 Å². The van der Waals surface area contributed by atoms with Crippen molar-refractivity contribution in [3.63, 3.8) is 0 Å². The van der Waals surface area contributed by atoms with Gasteiger partial charge in [0.1, 0.15) is 23.4 Å². The average molecular weight is 524 g/mol. The molecule has 0 saturated carbocycles. The summed E-state index contributed by atoms with van der Waals surface area (Å²) < 4.78 is 69.5. The number of nitrogens with zero attached hydrogens (tertiary/aromatic N) is 3. The zero-order chi connectivity index (χ0) is 25.8. The highest BCUT2D eigenvalue weighted by Gasteiger charge is 2.33. The monoisotopic (exact) mass is 523 g/mol. The van der Waals surface area contributed by atoms with E-state index < -0.39 is 33.9 Å². The van der Waals surface area contributed by atoms with Gasteiger partial charge in [0.2, 0.25) is 5.91 Å². The highest BCUT2D eigenvalue weighted by atomic mass is 35.5. The van der Waals surface area contributed by atoms with Crippen molar-refractivity contribution in [3.05, 3.63) is 76.4 Å². The van der Waals surface area contributed by atoms with Gasteiger partial charge in [0.25, 0.3) is 0 Å². The summed E-state index contributed by atoms with van der Waals surface area (Å²) in [5.41, 5.74) is 4.56. The number of benzene rings is 2. The molecule has 0 saturated heterocycles. The number of primary amides is 1. The van der Waals surface area contributed by atoms with Gasteiger partial charge in [-0.1, -0.05) is 17.7 Å². The minimum Gasteiger partial charge on any atom is -0.755 e. The van der Waals surface area contributed by atoms with Gasteiger partial charge in [-0.05, 0) is 54.4 Å². The largest absolute Gasteiger partial charge is 0.755 e. The van der Waals surface area contributed by atoms with Crippen LogP contribution in [-0.2, 0) is 28.7 Å². The number of amides is 1. The van der Waals surface area contributed by atoms with Crippen molar-refractivity contribution >= 4 is 40.3 Å². The average Bonchev–Trinajstić information content (AvgIpc) is 2.79. The zero-order valence-electron chi connectivity index (χ0n) is 17.6. The van der Waals surface area contributed by atoms with Crippen molar-refractivity contribution in [2.45, 2.75) is 19.0 Å². The van der Waals surface area contributed by atoms with Crippen molar-refractivity contribution in [1.29, 1.82) is 5.26 Å². The predicted molar refractivity (Wildman–Crippen MR) is 120 cm³/mol. The maximum absolute atomic E-state index is 13.1. The maximum atomic E-state index is 13.1. The molecule has 1 amide bonds. The molecule has 0 bridgehead atoms. The Hall–Kier alpha value is -3.66. The summed E-state index contributed by atoms with van der Waals surface area (Å²) in [4.78, 5) is 15.0. The van der Waals surface area contributed by atoms with E-state index >= 15 is 0 Å². The van der Waals surface area contributed by atoms with Crippen LogP contribution in [0.2, 0.25) is 5.02 Å². The molecular formula is C22H15ClF3N4O4S-. The number of ether oxygens (including phenoxy) is 1. The second kappa shape index (κ2) is 10.7. The Balaban J connectivity index is 1.90. The summed E-state index contributed by atoms with van der Waals surface area (Å²) in [6.07, 6.45) is -2.89. The molecule has 3 rings (SSSR count). The summed E-state index contributed by atoms with van der Waals surface area (Å²) in [6.45, 7) is 0. The van der Waals surface area contributed by atoms with Gasteiger partial charge in [-0.3, -0.25) is 13.3 Å². The van der Waals surface area contributed by atoms with E-state index in [1.165, 1.54) is 36.5 Å². The van der Waals surface area contributed by atoms with Crippen molar-refractivity contribution in [1.82, 2.24) is 4.98 Å².